The van der Waals surface area contributed by atoms with Crippen molar-refractivity contribution in [2.24, 2.45) is 4.99 Å². The van der Waals surface area contributed by atoms with Gasteiger partial charge in [-0.05, 0) is 18.6 Å². The number of carbonyl (C=O) groups excluding carboxylic acids is 1. The molecule has 0 aliphatic carbocycles. The van der Waals surface area contributed by atoms with Crippen LogP contribution in [0.5, 0.6) is 5.75 Å². The van der Waals surface area contributed by atoms with Gasteiger partial charge in [0.2, 0.25) is 5.17 Å². The largest absolute Gasteiger partial charge is 0.482 e. The van der Waals surface area contributed by atoms with E-state index in [0.29, 0.717) is 15.9 Å². The first kappa shape index (κ1) is 14.2. The Labute approximate surface area is 120 Å². The number of aliphatic imine (C=N–C) groups is 1. The van der Waals surface area contributed by atoms with Gasteiger partial charge in [0, 0.05) is 0 Å². The van der Waals surface area contributed by atoms with Crippen LogP contribution in [-0.4, -0.2) is 23.1 Å². The Morgan fingerprint density at radius 3 is 3.05 bits per heavy atom. The molecule has 1 unspecified atom stereocenters. The lowest BCUT2D eigenvalue weighted by Gasteiger charge is -2.04. The minimum Gasteiger partial charge on any atom is -0.482 e. The summed E-state index contributed by atoms with van der Waals surface area (Å²) in [5, 5.41) is 1.10. The Hall–Kier alpha value is -1.24. The zero-order valence-electron chi connectivity index (χ0n) is 10.3. The molecule has 7 heteroatoms. The van der Waals surface area contributed by atoms with E-state index in [1.807, 2.05) is 6.92 Å². The van der Waals surface area contributed by atoms with Crippen LogP contribution in [-0.2, 0) is 4.79 Å². The predicted molar refractivity (Wildman–Crippen MR) is 76.3 cm³/mol. The summed E-state index contributed by atoms with van der Waals surface area (Å²) in [6, 6.07) is 6.98. The van der Waals surface area contributed by atoms with Gasteiger partial charge >= 0.3 is 0 Å². The summed E-state index contributed by atoms with van der Waals surface area (Å²) in [6.07, 6.45) is 0.914. The third kappa shape index (κ3) is 4.12. The number of benzene rings is 1. The molecule has 1 radical (unpaired) electrons. The van der Waals surface area contributed by atoms with Crippen molar-refractivity contribution in [3.8, 4) is 5.75 Å². The Kier molecular flexibility index (Phi) is 5.07. The van der Waals surface area contributed by atoms with E-state index in [0.717, 1.165) is 6.42 Å². The first-order valence-corrected chi connectivity index (χ1v) is 7.06. The molecule has 0 spiro atoms. The highest BCUT2D eigenvalue weighted by Crippen LogP contribution is 2.23. The average molecular weight is 299 g/mol. The predicted octanol–water partition coefficient (Wildman–Crippen LogP) is 2.19. The van der Waals surface area contributed by atoms with E-state index >= 15 is 0 Å². The number of nitrogens with zero attached hydrogens (tertiary/aromatic N) is 2. The lowest BCUT2D eigenvalue weighted by atomic mass is 10.3. The molecule has 1 saturated heterocycles. The Balaban J connectivity index is 1.86. The lowest BCUT2D eigenvalue weighted by molar-refractivity contribution is -0.119. The molecule has 1 heterocycles. The van der Waals surface area contributed by atoms with Crippen molar-refractivity contribution < 1.29 is 9.53 Å². The minimum atomic E-state index is -0.385. The summed E-state index contributed by atoms with van der Waals surface area (Å²) in [5.74, 6) is 0.0861. The summed E-state index contributed by atoms with van der Waals surface area (Å²) >= 11 is 7.34. The van der Waals surface area contributed by atoms with Gasteiger partial charge in [0.1, 0.15) is 5.75 Å². The summed E-state index contributed by atoms with van der Waals surface area (Å²) in [4.78, 5) is 15.5. The maximum atomic E-state index is 11.6. The Morgan fingerprint density at radius 1 is 1.58 bits per heavy atom. The highest BCUT2D eigenvalue weighted by Gasteiger charge is 2.21. The van der Waals surface area contributed by atoms with Crippen molar-refractivity contribution in [2.45, 2.75) is 18.7 Å². The van der Waals surface area contributed by atoms with Gasteiger partial charge in [-0.3, -0.25) is 4.79 Å². The zero-order chi connectivity index (χ0) is 13.7. The van der Waals surface area contributed by atoms with E-state index in [9.17, 15) is 4.79 Å². The number of hydrogen-bond donors (Lipinski definition) is 1. The average Bonchev–Trinajstić information content (AvgIpc) is 2.85. The normalized spacial score (nSPS) is 20.3. The van der Waals surface area contributed by atoms with Crippen LogP contribution < -0.4 is 15.6 Å². The fourth-order valence-electron chi connectivity index (χ4n) is 1.37. The Morgan fingerprint density at radius 2 is 2.37 bits per heavy atom. The monoisotopic (exact) mass is 298 g/mol. The highest BCUT2D eigenvalue weighted by molar-refractivity contribution is 8.14. The SMILES string of the molecule is CCC1N[N]C(=NC(=O)COc2ccccc2Cl)S1. The molecule has 1 aromatic carbocycles. The van der Waals surface area contributed by atoms with Gasteiger partial charge in [-0.1, -0.05) is 42.4 Å². The minimum absolute atomic E-state index is 0.153. The second kappa shape index (κ2) is 6.79. The van der Waals surface area contributed by atoms with Gasteiger partial charge in [0.15, 0.2) is 6.61 Å². The van der Waals surface area contributed by atoms with Crippen LogP contribution in [0, 0.1) is 0 Å². The molecule has 1 aliphatic heterocycles. The molecule has 0 bridgehead atoms. The van der Waals surface area contributed by atoms with Crippen LogP contribution >= 0.6 is 23.4 Å². The second-order valence-corrected chi connectivity index (χ2v) is 5.34. The number of para-hydroxylation sites is 1. The number of amidine groups is 1. The number of hydrogen-bond acceptors (Lipinski definition) is 4. The molecule has 1 aromatic rings. The highest BCUT2D eigenvalue weighted by atomic mass is 35.5. The van der Waals surface area contributed by atoms with Crippen molar-refractivity contribution in [1.82, 2.24) is 10.9 Å². The number of halogens is 1. The molecular formula is C12H13ClN3O2S. The van der Waals surface area contributed by atoms with Gasteiger partial charge < -0.3 is 4.74 Å². The topological polar surface area (TPSA) is 64.8 Å². The van der Waals surface area contributed by atoms with E-state index in [4.69, 9.17) is 16.3 Å². The number of amides is 1. The van der Waals surface area contributed by atoms with Gasteiger partial charge in [0.25, 0.3) is 5.91 Å². The summed E-state index contributed by atoms with van der Waals surface area (Å²) in [6.45, 7) is 1.88. The van der Waals surface area contributed by atoms with Crippen LogP contribution in [0.15, 0.2) is 29.3 Å². The molecule has 1 N–H and O–H groups in total. The van der Waals surface area contributed by atoms with Gasteiger partial charge in [0.05, 0.1) is 10.4 Å². The van der Waals surface area contributed by atoms with Crippen LogP contribution in [0.1, 0.15) is 13.3 Å². The number of carbonyl (C=O) groups is 1. The van der Waals surface area contributed by atoms with Gasteiger partial charge in [-0.15, -0.1) is 0 Å². The van der Waals surface area contributed by atoms with E-state index < -0.39 is 0 Å². The van der Waals surface area contributed by atoms with Crippen molar-refractivity contribution in [3.63, 3.8) is 0 Å². The first-order chi connectivity index (χ1) is 9.19. The third-order valence-corrected chi connectivity index (χ3v) is 3.76. The maximum Gasteiger partial charge on any atom is 0.286 e. The quantitative estimate of drug-likeness (QED) is 0.925. The summed E-state index contributed by atoms with van der Waals surface area (Å²) < 4.78 is 5.30. The fraction of sp³-hybridized carbons (Fsp3) is 0.333. The fourth-order valence-corrected chi connectivity index (χ4v) is 2.35. The van der Waals surface area contributed by atoms with Crippen LogP contribution in [0.3, 0.4) is 0 Å². The molecule has 1 fully saturated rings. The van der Waals surface area contributed by atoms with Gasteiger partial charge in [-0.25, -0.2) is 0 Å². The van der Waals surface area contributed by atoms with Crippen LogP contribution in [0.2, 0.25) is 5.02 Å². The van der Waals surface area contributed by atoms with Gasteiger partial charge in [-0.2, -0.15) is 15.8 Å². The van der Waals surface area contributed by atoms with E-state index in [2.05, 4.69) is 15.8 Å². The molecule has 2 rings (SSSR count). The molecule has 1 aliphatic rings. The van der Waals surface area contributed by atoms with Crippen molar-refractivity contribution >= 4 is 34.4 Å². The maximum absolute atomic E-state index is 11.6. The number of ether oxygens (including phenoxy) is 1. The molecule has 5 nitrogen and oxygen atoms in total. The molecule has 101 valence electrons. The van der Waals surface area contributed by atoms with E-state index in [1.54, 1.807) is 24.3 Å². The van der Waals surface area contributed by atoms with Crippen LogP contribution in [0.4, 0.5) is 0 Å². The smallest absolute Gasteiger partial charge is 0.286 e. The van der Waals surface area contributed by atoms with Crippen molar-refractivity contribution in [2.75, 3.05) is 6.61 Å². The lowest BCUT2D eigenvalue weighted by Crippen LogP contribution is -2.24. The molecular weight excluding hydrogens is 286 g/mol. The number of rotatable bonds is 4. The Bertz CT molecular complexity index is 496. The first-order valence-electron chi connectivity index (χ1n) is 5.81. The standard InChI is InChI=1S/C12H13ClN3O2S/c1-2-11-15-16-12(19-11)14-10(17)7-18-9-6-4-3-5-8(9)13/h3-6,11,15H,2,7H2,1H3. The summed E-state index contributed by atoms with van der Waals surface area (Å²) in [7, 11) is 0. The number of nitrogens with one attached hydrogen (secondary N) is 1. The van der Waals surface area contributed by atoms with Crippen molar-refractivity contribution in [1.29, 1.82) is 0 Å². The second-order valence-electron chi connectivity index (χ2n) is 3.76. The van der Waals surface area contributed by atoms with Crippen molar-refractivity contribution in [3.05, 3.63) is 29.3 Å². The molecule has 0 saturated carbocycles. The summed E-state index contributed by atoms with van der Waals surface area (Å²) in [5.41, 5.74) is 6.85. The van der Waals surface area contributed by atoms with E-state index in [-0.39, 0.29) is 17.9 Å². The molecule has 19 heavy (non-hydrogen) atoms. The van der Waals surface area contributed by atoms with Crippen LogP contribution in [0.25, 0.3) is 0 Å². The molecule has 1 amide bonds. The van der Waals surface area contributed by atoms with E-state index in [1.165, 1.54) is 11.8 Å². The molecule has 1 atom stereocenters. The zero-order valence-corrected chi connectivity index (χ0v) is 11.9. The number of thioether (sulfide) groups is 1. The molecule has 0 aromatic heterocycles. The third-order valence-electron chi connectivity index (χ3n) is 2.33.